The third kappa shape index (κ3) is 6.33. The molecule has 1 fully saturated rings. The summed E-state index contributed by atoms with van der Waals surface area (Å²) in [4.78, 5) is 27.8. The highest BCUT2D eigenvalue weighted by Gasteiger charge is 2.28. The molecule has 2 amide bonds. The zero-order chi connectivity index (χ0) is 20.6. The van der Waals surface area contributed by atoms with Crippen LogP contribution in [0.25, 0.3) is 0 Å². The van der Waals surface area contributed by atoms with Crippen LogP contribution >= 0.6 is 11.6 Å². The summed E-state index contributed by atoms with van der Waals surface area (Å²) in [6, 6.07) is 16.7. The van der Waals surface area contributed by atoms with Crippen molar-refractivity contribution in [2.45, 2.75) is 64.1 Å². The van der Waals surface area contributed by atoms with Crippen LogP contribution in [0.1, 0.15) is 50.2 Å². The predicted molar refractivity (Wildman–Crippen MR) is 117 cm³/mol. The highest BCUT2D eigenvalue weighted by molar-refractivity contribution is 6.30. The van der Waals surface area contributed by atoms with Gasteiger partial charge in [0.05, 0.1) is 6.42 Å². The maximum atomic E-state index is 13.2. The molecular formula is C24H29ClN2O2. The topological polar surface area (TPSA) is 49.4 Å². The molecule has 0 aromatic heterocycles. The number of hydrogen-bond acceptors (Lipinski definition) is 2. The summed E-state index contributed by atoms with van der Waals surface area (Å²) in [6.07, 6.45) is 5.84. The van der Waals surface area contributed by atoms with E-state index >= 15 is 0 Å². The Bertz CT molecular complexity index is 819. The standard InChI is InChI=1S/C24H29ClN2O2/c1-18(24(29)26-22-13-6-3-7-14-22)27(17-20-11-8-12-21(25)15-20)23(28)16-19-9-4-2-5-10-19/h2,4-5,8-12,15,18,22H,3,6-7,13-14,16-17H2,1H3,(H,26,29)/t18-/m0/s1. The minimum atomic E-state index is -0.549. The highest BCUT2D eigenvalue weighted by Crippen LogP contribution is 2.19. The molecule has 0 unspecified atom stereocenters. The third-order valence-electron chi connectivity index (χ3n) is 5.56. The molecule has 1 N–H and O–H groups in total. The Morgan fingerprint density at radius 1 is 1.03 bits per heavy atom. The minimum Gasteiger partial charge on any atom is -0.352 e. The lowest BCUT2D eigenvalue weighted by Crippen LogP contribution is -2.50. The van der Waals surface area contributed by atoms with Gasteiger partial charge in [0.1, 0.15) is 6.04 Å². The fourth-order valence-electron chi connectivity index (χ4n) is 3.86. The van der Waals surface area contributed by atoms with Crippen LogP contribution in [0.3, 0.4) is 0 Å². The van der Waals surface area contributed by atoms with Crippen LogP contribution in [0.5, 0.6) is 0 Å². The normalized spacial score (nSPS) is 15.5. The Kier molecular flexibility index (Phi) is 7.70. The lowest BCUT2D eigenvalue weighted by Gasteiger charge is -2.31. The fraction of sp³-hybridized carbons (Fsp3) is 0.417. The smallest absolute Gasteiger partial charge is 0.242 e. The fourth-order valence-corrected chi connectivity index (χ4v) is 4.07. The summed E-state index contributed by atoms with van der Waals surface area (Å²) in [5.74, 6) is -0.150. The lowest BCUT2D eigenvalue weighted by atomic mass is 9.95. The van der Waals surface area contributed by atoms with Crippen molar-refractivity contribution in [2.24, 2.45) is 0 Å². The molecule has 2 aromatic rings. The molecule has 0 spiro atoms. The van der Waals surface area contributed by atoms with Gasteiger partial charge in [-0.3, -0.25) is 9.59 Å². The summed E-state index contributed by atoms with van der Waals surface area (Å²) in [6.45, 7) is 2.16. The van der Waals surface area contributed by atoms with Gasteiger partial charge in [-0.05, 0) is 43.0 Å². The second-order valence-electron chi connectivity index (χ2n) is 7.83. The SMILES string of the molecule is C[C@@H](C(=O)NC1CCCCC1)N(Cc1cccc(Cl)c1)C(=O)Cc1ccccc1. The number of benzene rings is 2. The van der Waals surface area contributed by atoms with Crippen LogP contribution in [0.15, 0.2) is 54.6 Å². The molecule has 154 valence electrons. The quantitative estimate of drug-likeness (QED) is 0.713. The monoisotopic (exact) mass is 412 g/mol. The maximum Gasteiger partial charge on any atom is 0.242 e. The van der Waals surface area contributed by atoms with E-state index in [0.29, 0.717) is 11.6 Å². The van der Waals surface area contributed by atoms with E-state index in [1.807, 2.05) is 55.5 Å². The van der Waals surface area contributed by atoms with Crippen molar-refractivity contribution in [3.8, 4) is 0 Å². The molecule has 0 radical (unpaired) electrons. The first kappa shape index (κ1) is 21.4. The first-order valence-electron chi connectivity index (χ1n) is 10.4. The number of nitrogens with one attached hydrogen (secondary N) is 1. The second-order valence-corrected chi connectivity index (χ2v) is 8.27. The van der Waals surface area contributed by atoms with Gasteiger partial charge < -0.3 is 10.2 Å². The number of carbonyl (C=O) groups is 2. The van der Waals surface area contributed by atoms with E-state index in [-0.39, 0.29) is 24.3 Å². The zero-order valence-corrected chi connectivity index (χ0v) is 17.7. The molecule has 0 aliphatic heterocycles. The van der Waals surface area contributed by atoms with E-state index in [0.717, 1.165) is 36.8 Å². The Morgan fingerprint density at radius 3 is 2.41 bits per heavy atom. The van der Waals surface area contributed by atoms with E-state index in [9.17, 15) is 9.59 Å². The van der Waals surface area contributed by atoms with Crippen molar-refractivity contribution in [3.05, 3.63) is 70.7 Å². The number of carbonyl (C=O) groups excluding carboxylic acids is 2. The van der Waals surface area contributed by atoms with Crippen molar-refractivity contribution < 1.29 is 9.59 Å². The maximum absolute atomic E-state index is 13.2. The molecule has 1 aliphatic carbocycles. The van der Waals surface area contributed by atoms with Crippen molar-refractivity contribution in [1.29, 1.82) is 0 Å². The molecule has 1 atom stereocenters. The number of nitrogens with zero attached hydrogens (tertiary/aromatic N) is 1. The molecule has 2 aromatic carbocycles. The molecule has 0 bridgehead atoms. The van der Waals surface area contributed by atoms with Crippen LogP contribution < -0.4 is 5.32 Å². The van der Waals surface area contributed by atoms with Crippen LogP contribution in [0.2, 0.25) is 5.02 Å². The van der Waals surface area contributed by atoms with Gasteiger partial charge in [-0.1, -0.05) is 73.3 Å². The Balaban J connectivity index is 1.74. The van der Waals surface area contributed by atoms with Crippen LogP contribution in [0.4, 0.5) is 0 Å². The van der Waals surface area contributed by atoms with E-state index in [1.54, 1.807) is 11.0 Å². The summed E-state index contributed by atoms with van der Waals surface area (Å²) in [7, 11) is 0. The second kappa shape index (κ2) is 10.4. The summed E-state index contributed by atoms with van der Waals surface area (Å²) >= 11 is 6.13. The molecule has 0 heterocycles. The van der Waals surface area contributed by atoms with Gasteiger partial charge in [0, 0.05) is 17.6 Å². The molecule has 0 saturated heterocycles. The van der Waals surface area contributed by atoms with Crippen LogP contribution in [-0.2, 0) is 22.6 Å². The van der Waals surface area contributed by atoms with Gasteiger partial charge in [-0.25, -0.2) is 0 Å². The van der Waals surface area contributed by atoms with E-state index in [4.69, 9.17) is 11.6 Å². The minimum absolute atomic E-state index is 0.0672. The molecule has 4 nitrogen and oxygen atoms in total. The van der Waals surface area contributed by atoms with E-state index < -0.39 is 6.04 Å². The molecular weight excluding hydrogens is 384 g/mol. The first-order chi connectivity index (χ1) is 14.0. The Hall–Kier alpha value is -2.33. The van der Waals surface area contributed by atoms with Gasteiger partial charge in [-0.2, -0.15) is 0 Å². The van der Waals surface area contributed by atoms with Crippen molar-refractivity contribution in [1.82, 2.24) is 10.2 Å². The van der Waals surface area contributed by atoms with Crippen molar-refractivity contribution in [2.75, 3.05) is 0 Å². The summed E-state index contributed by atoms with van der Waals surface area (Å²) in [5, 5.41) is 3.78. The molecule has 3 rings (SSSR count). The highest BCUT2D eigenvalue weighted by atomic mass is 35.5. The lowest BCUT2D eigenvalue weighted by molar-refractivity contribution is -0.140. The third-order valence-corrected chi connectivity index (χ3v) is 5.79. The average Bonchev–Trinajstić information content (AvgIpc) is 2.73. The van der Waals surface area contributed by atoms with Gasteiger partial charge in [-0.15, -0.1) is 0 Å². The Labute approximate surface area is 178 Å². The summed E-state index contributed by atoms with van der Waals surface area (Å²) < 4.78 is 0. The Morgan fingerprint density at radius 2 is 1.72 bits per heavy atom. The average molecular weight is 413 g/mol. The van der Waals surface area contributed by atoms with Crippen LogP contribution in [-0.4, -0.2) is 28.8 Å². The number of halogens is 1. The molecule has 5 heteroatoms. The van der Waals surface area contributed by atoms with Gasteiger partial charge in [0.15, 0.2) is 0 Å². The molecule has 1 aliphatic rings. The van der Waals surface area contributed by atoms with E-state index in [1.165, 1.54) is 6.42 Å². The summed E-state index contributed by atoms with van der Waals surface area (Å²) in [5.41, 5.74) is 1.85. The predicted octanol–water partition coefficient (Wildman–Crippen LogP) is 4.75. The number of hydrogen-bond donors (Lipinski definition) is 1. The largest absolute Gasteiger partial charge is 0.352 e. The van der Waals surface area contributed by atoms with Crippen LogP contribution in [0, 0.1) is 0 Å². The first-order valence-corrected chi connectivity index (χ1v) is 10.8. The van der Waals surface area contributed by atoms with Gasteiger partial charge in [0.2, 0.25) is 11.8 Å². The molecule has 1 saturated carbocycles. The van der Waals surface area contributed by atoms with Gasteiger partial charge >= 0.3 is 0 Å². The molecule has 29 heavy (non-hydrogen) atoms. The van der Waals surface area contributed by atoms with E-state index in [2.05, 4.69) is 5.32 Å². The van der Waals surface area contributed by atoms with Gasteiger partial charge in [0.25, 0.3) is 0 Å². The number of rotatable bonds is 7. The van der Waals surface area contributed by atoms with Crippen molar-refractivity contribution in [3.63, 3.8) is 0 Å². The van der Waals surface area contributed by atoms with Crippen molar-refractivity contribution >= 4 is 23.4 Å². The zero-order valence-electron chi connectivity index (χ0n) is 16.9. The number of amides is 2.